The number of ether oxygens (including phenoxy) is 1. The van der Waals surface area contributed by atoms with Crippen molar-refractivity contribution in [3.8, 4) is 5.75 Å². The van der Waals surface area contributed by atoms with Crippen LogP contribution in [0, 0.1) is 13.8 Å². The minimum atomic E-state index is -0.0911. The van der Waals surface area contributed by atoms with Crippen LogP contribution in [0.25, 0.3) is 0 Å². The normalized spacial score (nSPS) is 21.2. The molecule has 1 aliphatic rings. The van der Waals surface area contributed by atoms with Crippen LogP contribution < -0.4 is 4.74 Å². The molecule has 23 heavy (non-hydrogen) atoms. The van der Waals surface area contributed by atoms with Crippen molar-refractivity contribution < 1.29 is 9.84 Å². The second-order valence-corrected chi connectivity index (χ2v) is 6.86. The second kappa shape index (κ2) is 7.18. The van der Waals surface area contributed by atoms with Gasteiger partial charge in [-0.3, -0.25) is 0 Å². The van der Waals surface area contributed by atoms with E-state index in [1.54, 1.807) is 0 Å². The second-order valence-electron chi connectivity index (χ2n) is 6.86. The quantitative estimate of drug-likeness (QED) is 0.870. The molecule has 1 aliphatic carbocycles. The van der Waals surface area contributed by atoms with Gasteiger partial charge in [0.2, 0.25) is 0 Å². The standard InChI is InChI=1S/C21H26O2/c1-15-11-16(2)13-17(12-15)14-23-21-9-5-19(6-10-21)18-3-7-20(22)8-4-18/h5-6,9-13,18,20,22H,3-4,7-8,14H2,1-2H3. The highest BCUT2D eigenvalue weighted by atomic mass is 16.5. The zero-order valence-electron chi connectivity index (χ0n) is 14.1. The van der Waals surface area contributed by atoms with Gasteiger partial charge in [-0.1, -0.05) is 41.5 Å². The van der Waals surface area contributed by atoms with Gasteiger partial charge in [0.1, 0.15) is 12.4 Å². The third-order valence-electron chi connectivity index (χ3n) is 4.74. The van der Waals surface area contributed by atoms with Gasteiger partial charge in [-0.25, -0.2) is 0 Å². The Labute approximate surface area is 139 Å². The Morgan fingerprint density at radius 2 is 1.52 bits per heavy atom. The van der Waals surface area contributed by atoms with Gasteiger partial charge in [-0.2, -0.15) is 0 Å². The monoisotopic (exact) mass is 310 g/mol. The van der Waals surface area contributed by atoms with Crippen LogP contribution >= 0.6 is 0 Å². The maximum Gasteiger partial charge on any atom is 0.119 e. The Balaban J connectivity index is 1.59. The maximum absolute atomic E-state index is 9.62. The molecule has 1 fully saturated rings. The zero-order valence-corrected chi connectivity index (χ0v) is 14.1. The predicted octanol–water partition coefficient (Wildman–Crippen LogP) is 4.90. The molecule has 2 aromatic rings. The first-order chi connectivity index (χ1) is 11.1. The zero-order chi connectivity index (χ0) is 16.2. The van der Waals surface area contributed by atoms with Crippen LogP contribution in [0.2, 0.25) is 0 Å². The molecular formula is C21H26O2. The van der Waals surface area contributed by atoms with Crippen LogP contribution in [0.5, 0.6) is 5.75 Å². The summed E-state index contributed by atoms with van der Waals surface area (Å²) in [6.45, 7) is 4.84. The molecule has 0 aliphatic heterocycles. The molecule has 0 amide bonds. The molecule has 122 valence electrons. The summed E-state index contributed by atoms with van der Waals surface area (Å²) in [6, 6.07) is 15.0. The van der Waals surface area contributed by atoms with E-state index in [1.807, 2.05) is 0 Å². The highest BCUT2D eigenvalue weighted by Crippen LogP contribution is 2.33. The first kappa shape index (κ1) is 16.1. The van der Waals surface area contributed by atoms with Crippen LogP contribution in [0.4, 0.5) is 0 Å². The lowest BCUT2D eigenvalue weighted by Crippen LogP contribution is -2.16. The molecular weight excluding hydrogens is 284 g/mol. The maximum atomic E-state index is 9.62. The Morgan fingerprint density at radius 3 is 2.13 bits per heavy atom. The van der Waals surface area contributed by atoms with Crippen LogP contribution in [0.1, 0.15) is 53.9 Å². The molecule has 0 saturated heterocycles. The average Bonchev–Trinajstić information content (AvgIpc) is 2.53. The molecule has 0 spiro atoms. The third-order valence-corrected chi connectivity index (χ3v) is 4.74. The molecule has 0 aromatic heterocycles. The number of hydrogen-bond donors (Lipinski definition) is 1. The van der Waals surface area contributed by atoms with E-state index < -0.39 is 0 Å². The number of aliphatic hydroxyl groups excluding tert-OH is 1. The van der Waals surface area contributed by atoms with E-state index >= 15 is 0 Å². The van der Waals surface area contributed by atoms with Crippen molar-refractivity contribution in [3.05, 3.63) is 64.7 Å². The van der Waals surface area contributed by atoms with E-state index in [2.05, 4.69) is 56.3 Å². The van der Waals surface area contributed by atoms with Crippen molar-refractivity contribution in [1.29, 1.82) is 0 Å². The number of hydrogen-bond acceptors (Lipinski definition) is 2. The smallest absolute Gasteiger partial charge is 0.119 e. The highest BCUT2D eigenvalue weighted by Gasteiger charge is 2.20. The molecule has 0 radical (unpaired) electrons. The molecule has 0 atom stereocenters. The molecule has 2 nitrogen and oxygen atoms in total. The predicted molar refractivity (Wildman–Crippen MR) is 93.9 cm³/mol. The molecule has 1 N–H and O–H groups in total. The molecule has 0 bridgehead atoms. The molecule has 0 unspecified atom stereocenters. The first-order valence-electron chi connectivity index (χ1n) is 8.58. The number of rotatable bonds is 4. The largest absolute Gasteiger partial charge is 0.489 e. The Morgan fingerprint density at radius 1 is 0.913 bits per heavy atom. The van der Waals surface area contributed by atoms with Crippen LogP contribution in [-0.4, -0.2) is 11.2 Å². The van der Waals surface area contributed by atoms with E-state index in [0.717, 1.165) is 31.4 Å². The van der Waals surface area contributed by atoms with Gasteiger partial charge >= 0.3 is 0 Å². The highest BCUT2D eigenvalue weighted by molar-refractivity contribution is 5.31. The number of aliphatic hydroxyl groups is 1. The fourth-order valence-electron chi connectivity index (χ4n) is 3.56. The van der Waals surface area contributed by atoms with Gasteiger partial charge in [0.15, 0.2) is 0 Å². The number of benzene rings is 2. The van der Waals surface area contributed by atoms with Crippen molar-refractivity contribution in [3.63, 3.8) is 0 Å². The summed E-state index contributed by atoms with van der Waals surface area (Å²) < 4.78 is 5.92. The van der Waals surface area contributed by atoms with Crippen molar-refractivity contribution in [2.75, 3.05) is 0 Å². The Hall–Kier alpha value is -1.80. The fourth-order valence-corrected chi connectivity index (χ4v) is 3.56. The van der Waals surface area contributed by atoms with E-state index in [1.165, 1.54) is 22.3 Å². The van der Waals surface area contributed by atoms with E-state index in [4.69, 9.17) is 4.74 Å². The summed E-state index contributed by atoms with van der Waals surface area (Å²) in [5.41, 5.74) is 5.14. The SMILES string of the molecule is Cc1cc(C)cc(COc2ccc(C3CCC(O)CC3)cc2)c1. The number of aryl methyl sites for hydroxylation is 2. The van der Waals surface area contributed by atoms with Crippen LogP contribution in [0.15, 0.2) is 42.5 Å². The molecule has 3 rings (SSSR count). The van der Waals surface area contributed by atoms with Gasteiger partial charge in [0.05, 0.1) is 6.10 Å². The summed E-state index contributed by atoms with van der Waals surface area (Å²) in [6.07, 6.45) is 3.94. The topological polar surface area (TPSA) is 29.5 Å². The molecule has 2 aromatic carbocycles. The van der Waals surface area contributed by atoms with Gasteiger partial charge in [-0.05, 0) is 68.7 Å². The first-order valence-corrected chi connectivity index (χ1v) is 8.58. The summed E-state index contributed by atoms with van der Waals surface area (Å²) in [5, 5.41) is 9.62. The van der Waals surface area contributed by atoms with Crippen molar-refractivity contribution in [1.82, 2.24) is 0 Å². The van der Waals surface area contributed by atoms with Crippen molar-refractivity contribution in [2.24, 2.45) is 0 Å². The van der Waals surface area contributed by atoms with E-state index in [9.17, 15) is 5.11 Å². The van der Waals surface area contributed by atoms with Crippen LogP contribution in [0.3, 0.4) is 0 Å². The lowest BCUT2D eigenvalue weighted by atomic mass is 9.83. The summed E-state index contributed by atoms with van der Waals surface area (Å²) >= 11 is 0. The van der Waals surface area contributed by atoms with Crippen LogP contribution in [-0.2, 0) is 6.61 Å². The minimum absolute atomic E-state index is 0.0911. The third kappa shape index (κ3) is 4.35. The molecule has 2 heteroatoms. The van der Waals surface area contributed by atoms with Crippen molar-refractivity contribution >= 4 is 0 Å². The summed E-state index contributed by atoms with van der Waals surface area (Å²) in [4.78, 5) is 0. The lowest BCUT2D eigenvalue weighted by Gasteiger charge is -2.25. The molecule has 0 heterocycles. The Bertz CT molecular complexity index is 617. The van der Waals surface area contributed by atoms with Gasteiger partial charge in [-0.15, -0.1) is 0 Å². The Kier molecular flexibility index (Phi) is 5.02. The van der Waals surface area contributed by atoms with E-state index in [0.29, 0.717) is 12.5 Å². The average molecular weight is 310 g/mol. The fraction of sp³-hybridized carbons (Fsp3) is 0.429. The molecule has 1 saturated carbocycles. The van der Waals surface area contributed by atoms with Gasteiger partial charge < -0.3 is 9.84 Å². The minimum Gasteiger partial charge on any atom is -0.489 e. The van der Waals surface area contributed by atoms with Gasteiger partial charge in [0, 0.05) is 0 Å². The van der Waals surface area contributed by atoms with E-state index in [-0.39, 0.29) is 6.10 Å². The van der Waals surface area contributed by atoms with Gasteiger partial charge in [0.25, 0.3) is 0 Å². The summed E-state index contributed by atoms with van der Waals surface area (Å²) in [5.74, 6) is 1.51. The van der Waals surface area contributed by atoms with Crippen molar-refractivity contribution in [2.45, 2.75) is 58.2 Å². The lowest BCUT2D eigenvalue weighted by molar-refractivity contribution is 0.122. The summed E-state index contributed by atoms with van der Waals surface area (Å²) in [7, 11) is 0.